The molecule has 1 fully saturated rings. The van der Waals surface area contributed by atoms with Crippen LogP contribution in [0.15, 0.2) is 68.3 Å². The molecule has 0 radical (unpaired) electrons. The quantitative estimate of drug-likeness (QED) is 0.268. The number of carbonyl (C=O) groups is 1. The zero-order valence-corrected chi connectivity index (χ0v) is 21.2. The molecule has 0 saturated carbocycles. The average molecular weight is 449 g/mol. The summed E-state index contributed by atoms with van der Waals surface area (Å²) in [4.78, 5) is 18.4. The molecule has 0 atom stereocenters. The van der Waals surface area contributed by atoms with E-state index < -0.39 is 0 Å². The van der Waals surface area contributed by atoms with Crippen LogP contribution in [0.2, 0.25) is 0 Å². The van der Waals surface area contributed by atoms with E-state index in [-0.39, 0.29) is 11.6 Å². The van der Waals surface area contributed by atoms with Gasteiger partial charge in [0.25, 0.3) is 0 Å². The molecule has 1 aliphatic rings. The first-order chi connectivity index (χ1) is 15.5. The smallest absolute Gasteiger partial charge is 0.331 e. The van der Waals surface area contributed by atoms with E-state index >= 15 is 0 Å². The number of amides is 2. The van der Waals surface area contributed by atoms with Gasteiger partial charge in [-0.3, -0.25) is 9.80 Å². The normalized spacial score (nSPS) is 14.8. The molecule has 2 amide bonds. The van der Waals surface area contributed by atoms with Crippen LogP contribution in [0.25, 0.3) is 5.57 Å². The summed E-state index contributed by atoms with van der Waals surface area (Å²) in [6.45, 7) is 28.2. The van der Waals surface area contributed by atoms with Crippen molar-refractivity contribution < 1.29 is 9.45 Å². The lowest BCUT2D eigenvalue weighted by Gasteiger charge is -2.50. The van der Waals surface area contributed by atoms with Gasteiger partial charge in [0.05, 0.1) is 6.54 Å². The van der Waals surface area contributed by atoms with Crippen molar-refractivity contribution in [3.63, 3.8) is 0 Å². The Labute approximate surface area is 201 Å². The van der Waals surface area contributed by atoms with Crippen LogP contribution in [0.5, 0.6) is 0 Å². The number of urea groups is 1. The molecular weight excluding hydrogens is 409 g/mol. The molecule has 1 aromatic rings. The number of allylic oxidation sites excluding steroid dienone is 1. The lowest BCUT2D eigenvalue weighted by molar-refractivity contribution is 0.0747. The van der Waals surface area contributed by atoms with Crippen LogP contribution in [0.4, 0.5) is 4.79 Å². The van der Waals surface area contributed by atoms with Gasteiger partial charge in [0.15, 0.2) is 0 Å². The highest BCUT2D eigenvalue weighted by Crippen LogP contribution is 2.33. The molecule has 1 aliphatic heterocycles. The fraction of sp³-hybridized carbons (Fsp3) is 0.444. The van der Waals surface area contributed by atoms with Crippen LogP contribution in [-0.2, 0) is 4.65 Å². The number of rotatable bonds is 11. The predicted octanol–water partition coefficient (Wildman–Crippen LogP) is 5.10. The highest BCUT2D eigenvalue weighted by molar-refractivity contribution is 6.47. The van der Waals surface area contributed by atoms with Crippen molar-refractivity contribution in [2.24, 2.45) is 5.92 Å². The first-order valence-electron chi connectivity index (χ1n) is 11.7. The van der Waals surface area contributed by atoms with Crippen LogP contribution >= 0.6 is 0 Å². The largest absolute Gasteiger partial charge is 0.432 e. The Bertz CT molecular complexity index is 901. The van der Waals surface area contributed by atoms with E-state index in [4.69, 9.17) is 4.65 Å². The summed E-state index contributed by atoms with van der Waals surface area (Å²) in [5.41, 5.74) is 3.15. The van der Waals surface area contributed by atoms with Crippen LogP contribution in [0.3, 0.4) is 0 Å². The molecule has 2 rings (SSSR count). The van der Waals surface area contributed by atoms with Gasteiger partial charge in [0.2, 0.25) is 0 Å². The van der Waals surface area contributed by atoms with E-state index in [0.717, 1.165) is 29.4 Å². The van der Waals surface area contributed by atoms with Gasteiger partial charge in [0.1, 0.15) is 11.6 Å². The van der Waals surface area contributed by atoms with Gasteiger partial charge in [-0.2, -0.15) is 0 Å². The lowest BCUT2D eigenvalue weighted by Crippen LogP contribution is -2.59. The number of hydrogen-bond donors (Lipinski definition) is 0. The third-order valence-corrected chi connectivity index (χ3v) is 5.67. The maximum atomic E-state index is 13.1. The Hall–Kier alpha value is -2.73. The highest BCUT2D eigenvalue weighted by Gasteiger charge is 2.40. The maximum Gasteiger partial charge on any atom is 0.331 e. The second-order valence-corrected chi connectivity index (χ2v) is 9.96. The first-order valence-corrected chi connectivity index (χ1v) is 11.7. The van der Waals surface area contributed by atoms with Crippen molar-refractivity contribution in [1.82, 2.24) is 14.7 Å². The summed E-state index contributed by atoms with van der Waals surface area (Å²) in [6, 6.07) is 8.19. The van der Waals surface area contributed by atoms with Gasteiger partial charge in [-0.25, -0.2) is 4.79 Å². The highest BCUT2D eigenvalue weighted by atomic mass is 16.4. The number of carbonyl (C=O) groups excluding carboxylic acids is 1. The number of nitrogens with zero attached hydrogens (tertiary/aromatic N) is 3. The monoisotopic (exact) mass is 449 g/mol. The van der Waals surface area contributed by atoms with Crippen LogP contribution in [-0.4, -0.2) is 53.4 Å². The molecule has 1 aromatic carbocycles. The molecule has 0 spiro atoms. The van der Waals surface area contributed by atoms with Crippen molar-refractivity contribution in [3.05, 3.63) is 73.9 Å². The standard InChI is InChI=1S/C27H40BN3O2/c1-10-16-29-22(5)31(27(7,8)9)23(6)30(26(29)32)17-18-33-28-25-13-11-12-24(19-25)21(4)15-14-20(2)3/h10-13,19-20,28H,1,4-6,14-18H2,2-3,7-9H3. The van der Waals surface area contributed by atoms with Gasteiger partial charge in [-0.1, -0.05) is 69.4 Å². The Kier molecular flexibility index (Phi) is 9.18. The summed E-state index contributed by atoms with van der Waals surface area (Å²) in [5, 5.41) is 0. The van der Waals surface area contributed by atoms with Crippen LogP contribution < -0.4 is 5.46 Å². The fourth-order valence-electron chi connectivity index (χ4n) is 3.90. The van der Waals surface area contributed by atoms with Crippen LogP contribution in [0, 0.1) is 5.92 Å². The van der Waals surface area contributed by atoms with E-state index in [0.29, 0.717) is 44.7 Å². The molecule has 1 saturated heterocycles. The minimum absolute atomic E-state index is 0.155. The third kappa shape index (κ3) is 6.88. The summed E-state index contributed by atoms with van der Waals surface area (Å²) < 4.78 is 5.95. The van der Waals surface area contributed by atoms with Gasteiger partial charge < -0.3 is 9.55 Å². The SMILES string of the molecule is C=CCN1C(=C)N(C(C)(C)C)C(=C)N(CCOBc2cccc(C(=C)CCC(C)C)c2)C1=O. The van der Waals surface area contributed by atoms with Gasteiger partial charge >= 0.3 is 13.5 Å². The molecule has 0 bridgehead atoms. The molecule has 0 N–H and O–H groups in total. The van der Waals surface area contributed by atoms with Crippen molar-refractivity contribution in [3.8, 4) is 0 Å². The molecule has 178 valence electrons. The Morgan fingerprint density at radius 1 is 1.18 bits per heavy atom. The summed E-state index contributed by atoms with van der Waals surface area (Å²) in [5.74, 6) is 1.89. The molecule has 33 heavy (non-hydrogen) atoms. The first kappa shape index (κ1) is 26.5. The Balaban J connectivity index is 2.00. The summed E-state index contributed by atoms with van der Waals surface area (Å²) in [7, 11) is 0.478. The molecule has 0 unspecified atom stereocenters. The van der Waals surface area contributed by atoms with Crippen molar-refractivity contribution in [1.29, 1.82) is 0 Å². The fourth-order valence-corrected chi connectivity index (χ4v) is 3.90. The predicted molar refractivity (Wildman–Crippen MR) is 141 cm³/mol. The molecule has 0 aliphatic carbocycles. The summed E-state index contributed by atoms with van der Waals surface area (Å²) >= 11 is 0. The Morgan fingerprint density at radius 3 is 2.45 bits per heavy atom. The molecule has 1 heterocycles. The van der Waals surface area contributed by atoms with Crippen molar-refractivity contribution in [2.75, 3.05) is 19.7 Å². The Morgan fingerprint density at radius 2 is 1.85 bits per heavy atom. The van der Waals surface area contributed by atoms with Gasteiger partial charge in [0, 0.05) is 18.7 Å². The topological polar surface area (TPSA) is 36.0 Å². The molecule has 6 heteroatoms. The molecule has 0 aromatic heterocycles. The van der Waals surface area contributed by atoms with E-state index in [1.54, 1.807) is 15.9 Å². The second kappa shape index (κ2) is 11.4. The average Bonchev–Trinajstić information content (AvgIpc) is 2.73. The summed E-state index contributed by atoms with van der Waals surface area (Å²) in [6.07, 6.45) is 3.83. The number of hydrogen-bond acceptors (Lipinski definition) is 3. The molecular formula is C27H40BN3O2. The van der Waals surface area contributed by atoms with E-state index in [1.165, 1.54) is 0 Å². The van der Waals surface area contributed by atoms with E-state index in [1.807, 2.05) is 11.0 Å². The van der Waals surface area contributed by atoms with Gasteiger partial charge in [-0.15, -0.1) is 6.58 Å². The minimum atomic E-state index is -0.272. The van der Waals surface area contributed by atoms with Crippen molar-refractivity contribution >= 4 is 24.5 Å². The second-order valence-electron chi connectivity index (χ2n) is 9.96. The van der Waals surface area contributed by atoms with E-state index in [2.05, 4.69) is 79.1 Å². The zero-order valence-electron chi connectivity index (χ0n) is 21.2. The number of benzene rings is 1. The molecule has 5 nitrogen and oxygen atoms in total. The van der Waals surface area contributed by atoms with E-state index in [9.17, 15) is 4.79 Å². The third-order valence-electron chi connectivity index (χ3n) is 5.67. The van der Waals surface area contributed by atoms with Gasteiger partial charge in [-0.05, 0) is 50.7 Å². The van der Waals surface area contributed by atoms with Crippen LogP contribution in [0.1, 0.15) is 53.0 Å². The zero-order chi connectivity index (χ0) is 24.8. The minimum Gasteiger partial charge on any atom is -0.432 e. The van der Waals surface area contributed by atoms with Crippen molar-refractivity contribution in [2.45, 2.75) is 53.0 Å². The lowest BCUT2D eigenvalue weighted by atomic mass is 9.85. The maximum absolute atomic E-state index is 13.1.